The van der Waals surface area contributed by atoms with Gasteiger partial charge in [0.15, 0.2) is 5.78 Å². The molecule has 5 heteroatoms. The molecule has 0 saturated carbocycles. The van der Waals surface area contributed by atoms with Crippen LogP contribution in [0.4, 0.5) is 0 Å². The third-order valence-corrected chi connectivity index (χ3v) is 3.22. The first-order valence-electron chi connectivity index (χ1n) is 4.86. The van der Waals surface area contributed by atoms with Gasteiger partial charge in [0, 0.05) is 18.2 Å². The van der Waals surface area contributed by atoms with E-state index in [4.69, 9.17) is 4.74 Å². The third-order valence-electron chi connectivity index (χ3n) is 2.14. The van der Waals surface area contributed by atoms with Crippen LogP contribution in [-0.4, -0.2) is 29.1 Å². The predicted octanol–water partition coefficient (Wildman–Crippen LogP) is 2.26. The van der Waals surface area contributed by atoms with Crippen LogP contribution in [0.3, 0.4) is 0 Å². The zero-order valence-electron chi connectivity index (χ0n) is 9.14. The summed E-state index contributed by atoms with van der Waals surface area (Å²) in [4.78, 5) is 13.3. The first-order valence-corrected chi connectivity index (χ1v) is 5.67. The van der Waals surface area contributed by atoms with Gasteiger partial charge in [-0.05, 0) is 13.0 Å². The van der Waals surface area contributed by atoms with Crippen molar-refractivity contribution in [1.29, 1.82) is 0 Å². The molecule has 2 rings (SSSR count). The average molecular weight is 236 g/mol. The fourth-order valence-corrected chi connectivity index (χ4v) is 2.42. The molecule has 16 heavy (non-hydrogen) atoms. The van der Waals surface area contributed by atoms with Gasteiger partial charge in [0.2, 0.25) is 0 Å². The Morgan fingerprint density at radius 3 is 3.19 bits per heavy atom. The standard InChI is InChI=1S/C11H12N2O2S/c1-8(14)10-6-12-13-7-9(16-11(10)13)4-3-5-15-2/h3-4,6-7H,5H2,1-2H3/b4-3+. The Morgan fingerprint density at radius 2 is 2.50 bits per heavy atom. The first kappa shape index (κ1) is 11.0. The number of fused-ring (bicyclic) bond motifs is 1. The van der Waals surface area contributed by atoms with E-state index >= 15 is 0 Å². The molecule has 2 aromatic heterocycles. The van der Waals surface area contributed by atoms with Crippen molar-refractivity contribution in [1.82, 2.24) is 9.61 Å². The molecule has 0 N–H and O–H groups in total. The van der Waals surface area contributed by atoms with Crippen LogP contribution in [0.15, 0.2) is 18.5 Å². The molecule has 0 saturated heterocycles. The molecule has 0 fully saturated rings. The van der Waals surface area contributed by atoms with E-state index in [9.17, 15) is 4.79 Å². The zero-order chi connectivity index (χ0) is 11.5. The molecule has 0 aromatic carbocycles. The fourth-order valence-electron chi connectivity index (χ4n) is 1.38. The minimum Gasteiger partial charge on any atom is -0.381 e. The molecule has 84 valence electrons. The Labute approximate surface area is 97.2 Å². The van der Waals surface area contributed by atoms with Crippen LogP contribution >= 0.6 is 11.3 Å². The number of rotatable bonds is 4. The van der Waals surface area contributed by atoms with Crippen LogP contribution in [-0.2, 0) is 4.74 Å². The van der Waals surface area contributed by atoms with E-state index in [1.165, 1.54) is 0 Å². The van der Waals surface area contributed by atoms with Crippen molar-refractivity contribution >= 4 is 28.0 Å². The molecule has 0 aliphatic carbocycles. The summed E-state index contributed by atoms with van der Waals surface area (Å²) in [6, 6.07) is 0. The monoisotopic (exact) mass is 236 g/mol. The van der Waals surface area contributed by atoms with Crippen molar-refractivity contribution < 1.29 is 9.53 Å². The number of hydrogen-bond donors (Lipinski definition) is 0. The Bertz CT molecular complexity index is 539. The van der Waals surface area contributed by atoms with Crippen LogP contribution in [0.25, 0.3) is 10.9 Å². The van der Waals surface area contributed by atoms with Gasteiger partial charge in [0.1, 0.15) is 4.83 Å². The molecular formula is C11H12N2O2S. The molecule has 0 aliphatic heterocycles. The highest BCUT2D eigenvalue weighted by molar-refractivity contribution is 7.18. The van der Waals surface area contributed by atoms with E-state index in [2.05, 4.69) is 5.10 Å². The highest BCUT2D eigenvalue weighted by Crippen LogP contribution is 2.22. The minimum atomic E-state index is 0.0456. The summed E-state index contributed by atoms with van der Waals surface area (Å²) in [7, 11) is 1.65. The number of ether oxygens (including phenoxy) is 1. The van der Waals surface area contributed by atoms with Gasteiger partial charge >= 0.3 is 0 Å². The van der Waals surface area contributed by atoms with E-state index in [-0.39, 0.29) is 5.78 Å². The summed E-state index contributed by atoms with van der Waals surface area (Å²) in [6.07, 6.45) is 7.40. The van der Waals surface area contributed by atoms with E-state index in [0.29, 0.717) is 12.2 Å². The smallest absolute Gasteiger partial charge is 0.164 e. The minimum absolute atomic E-state index is 0.0456. The number of hydrogen-bond acceptors (Lipinski definition) is 4. The number of nitrogens with zero attached hydrogens (tertiary/aromatic N) is 2. The number of carbonyl (C=O) groups is 1. The molecule has 4 nitrogen and oxygen atoms in total. The SMILES string of the molecule is COC/C=C/c1cn2ncc(C(C)=O)c2s1. The second-order valence-corrected chi connectivity index (χ2v) is 4.42. The van der Waals surface area contributed by atoms with Crippen molar-refractivity contribution in [3.05, 3.63) is 28.9 Å². The molecule has 0 unspecified atom stereocenters. The molecule has 0 aliphatic rings. The largest absolute Gasteiger partial charge is 0.381 e. The van der Waals surface area contributed by atoms with Gasteiger partial charge < -0.3 is 4.74 Å². The van der Waals surface area contributed by atoms with Gasteiger partial charge in [-0.1, -0.05) is 6.08 Å². The van der Waals surface area contributed by atoms with Crippen molar-refractivity contribution in [2.75, 3.05) is 13.7 Å². The summed E-state index contributed by atoms with van der Waals surface area (Å²) in [5, 5.41) is 4.13. The summed E-state index contributed by atoms with van der Waals surface area (Å²) in [5.41, 5.74) is 0.677. The molecular weight excluding hydrogens is 224 g/mol. The lowest BCUT2D eigenvalue weighted by molar-refractivity contribution is 0.101. The van der Waals surface area contributed by atoms with E-state index in [1.807, 2.05) is 18.3 Å². The number of aromatic nitrogens is 2. The van der Waals surface area contributed by atoms with E-state index in [1.54, 1.807) is 36.1 Å². The number of methoxy groups -OCH3 is 1. The lowest BCUT2D eigenvalue weighted by Crippen LogP contribution is -1.87. The average Bonchev–Trinajstić information content (AvgIpc) is 2.76. The Morgan fingerprint density at radius 1 is 1.69 bits per heavy atom. The van der Waals surface area contributed by atoms with E-state index in [0.717, 1.165) is 9.71 Å². The number of ketones is 1. The Hall–Kier alpha value is -1.46. The number of thiazole rings is 1. The van der Waals surface area contributed by atoms with Crippen LogP contribution < -0.4 is 0 Å². The molecule has 2 heterocycles. The molecule has 0 bridgehead atoms. The maximum absolute atomic E-state index is 11.3. The van der Waals surface area contributed by atoms with Crippen LogP contribution in [0.2, 0.25) is 0 Å². The lowest BCUT2D eigenvalue weighted by atomic mass is 10.3. The summed E-state index contributed by atoms with van der Waals surface area (Å²) < 4.78 is 6.65. The van der Waals surface area contributed by atoms with Gasteiger partial charge in [-0.25, -0.2) is 4.52 Å². The van der Waals surface area contributed by atoms with Gasteiger partial charge in [0.05, 0.1) is 18.4 Å². The van der Waals surface area contributed by atoms with Gasteiger partial charge in [-0.2, -0.15) is 5.10 Å². The molecule has 0 radical (unpaired) electrons. The first-order chi connectivity index (χ1) is 7.72. The third kappa shape index (κ3) is 2.05. The van der Waals surface area contributed by atoms with Crippen LogP contribution in [0.5, 0.6) is 0 Å². The van der Waals surface area contributed by atoms with Gasteiger partial charge in [0.25, 0.3) is 0 Å². The van der Waals surface area contributed by atoms with Crippen molar-refractivity contribution in [2.45, 2.75) is 6.92 Å². The van der Waals surface area contributed by atoms with Gasteiger partial charge in [-0.3, -0.25) is 4.79 Å². The quantitative estimate of drug-likeness (QED) is 0.765. The molecule has 0 amide bonds. The predicted molar refractivity (Wildman–Crippen MR) is 64.0 cm³/mol. The number of carbonyl (C=O) groups excluding carboxylic acids is 1. The highest BCUT2D eigenvalue weighted by atomic mass is 32.1. The Kier molecular flexibility index (Phi) is 3.17. The molecule has 0 atom stereocenters. The number of Topliss-reactive ketones (excluding diaryl/α,β-unsaturated/α-hetero) is 1. The fraction of sp³-hybridized carbons (Fsp3) is 0.273. The maximum atomic E-state index is 11.3. The second-order valence-electron chi connectivity index (χ2n) is 3.36. The van der Waals surface area contributed by atoms with Crippen molar-refractivity contribution in [3.63, 3.8) is 0 Å². The summed E-state index contributed by atoms with van der Waals surface area (Å²) in [5.74, 6) is 0.0456. The summed E-state index contributed by atoms with van der Waals surface area (Å²) in [6.45, 7) is 2.14. The van der Waals surface area contributed by atoms with Crippen molar-refractivity contribution in [3.8, 4) is 0 Å². The maximum Gasteiger partial charge on any atom is 0.164 e. The van der Waals surface area contributed by atoms with Gasteiger partial charge in [-0.15, -0.1) is 11.3 Å². The Balaban J connectivity index is 2.33. The normalized spacial score (nSPS) is 11.6. The van der Waals surface area contributed by atoms with Crippen LogP contribution in [0.1, 0.15) is 22.2 Å². The van der Waals surface area contributed by atoms with Crippen molar-refractivity contribution in [2.24, 2.45) is 0 Å². The zero-order valence-corrected chi connectivity index (χ0v) is 9.95. The second kappa shape index (κ2) is 4.59. The lowest BCUT2D eigenvalue weighted by Gasteiger charge is -1.86. The topological polar surface area (TPSA) is 43.6 Å². The molecule has 2 aromatic rings. The highest BCUT2D eigenvalue weighted by Gasteiger charge is 2.10. The molecule has 0 spiro atoms. The van der Waals surface area contributed by atoms with Crippen LogP contribution in [0, 0.1) is 0 Å². The summed E-state index contributed by atoms with van der Waals surface area (Å²) >= 11 is 1.55. The van der Waals surface area contributed by atoms with E-state index < -0.39 is 0 Å².